The van der Waals surface area contributed by atoms with E-state index in [2.05, 4.69) is 44.8 Å². The summed E-state index contributed by atoms with van der Waals surface area (Å²) in [4.78, 5) is 2.66. The van der Waals surface area contributed by atoms with Gasteiger partial charge in [0.2, 0.25) is 0 Å². The van der Waals surface area contributed by atoms with Gasteiger partial charge in [0.1, 0.15) is 0 Å². The summed E-state index contributed by atoms with van der Waals surface area (Å²) in [5.41, 5.74) is 0.440. The predicted octanol–water partition coefficient (Wildman–Crippen LogP) is 2.74. The quantitative estimate of drug-likeness (QED) is 0.796. The van der Waals surface area contributed by atoms with E-state index in [1.807, 2.05) is 0 Å². The first kappa shape index (κ1) is 14.0. The second-order valence-corrected chi connectivity index (χ2v) is 6.42. The highest BCUT2D eigenvalue weighted by Crippen LogP contribution is 2.27. The van der Waals surface area contributed by atoms with Crippen LogP contribution in [-0.4, -0.2) is 37.1 Å². The number of hydrogen-bond donors (Lipinski definition) is 1. The normalized spacial score (nSPS) is 25.5. The molecular weight excluding hydrogens is 196 g/mol. The Kier molecular flexibility index (Phi) is 5.26. The van der Waals surface area contributed by atoms with E-state index in [-0.39, 0.29) is 0 Å². The van der Waals surface area contributed by atoms with E-state index in [1.54, 1.807) is 0 Å². The van der Waals surface area contributed by atoms with E-state index in [0.29, 0.717) is 11.5 Å². The van der Waals surface area contributed by atoms with Gasteiger partial charge in [0, 0.05) is 12.6 Å². The van der Waals surface area contributed by atoms with Gasteiger partial charge in [-0.3, -0.25) is 0 Å². The lowest BCUT2D eigenvalue weighted by atomic mass is 9.80. The summed E-state index contributed by atoms with van der Waals surface area (Å²) in [5, 5.41) is 3.56. The van der Waals surface area contributed by atoms with Crippen LogP contribution in [0.25, 0.3) is 0 Å². The fourth-order valence-corrected chi connectivity index (χ4v) is 2.16. The summed E-state index contributed by atoms with van der Waals surface area (Å²) < 4.78 is 0. The van der Waals surface area contributed by atoms with Crippen molar-refractivity contribution in [2.45, 2.75) is 53.5 Å². The van der Waals surface area contributed by atoms with Gasteiger partial charge in [0.25, 0.3) is 0 Å². The van der Waals surface area contributed by atoms with E-state index >= 15 is 0 Å². The molecule has 1 heterocycles. The van der Waals surface area contributed by atoms with Crippen molar-refractivity contribution in [1.82, 2.24) is 10.2 Å². The Balaban J connectivity index is 2.45. The summed E-state index contributed by atoms with van der Waals surface area (Å²) in [7, 11) is 0. The molecule has 2 heteroatoms. The molecule has 0 amide bonds. The van der Waals surface area contributed by atoms with E-state index in [9.17, 15) is 0 Å². The van der Waals surface area contributed by atoms with Crippen molar-refractivity contribution in [2.24, 2.45) is 11.3 Å². The molecule has 1 N–H and O–H groups in total. The third-order valence-electron chi connectivity index (χ3n) is 4.22. The third-order valence-corrected chi connectivity index (χ3v) is 4.22. The lowest BCUT2D eigenvalue weighted by Gasteiger charge is -2.37. The third kappa shape index (κ3) is 4.42. The highest BCUT2D eigenvalue weighted by molar-refractivity contribution is 4.79. The van der Waals surface area contributed by atoms with Crippen molar-refractivity contribution in [3.63, 3.8) is 0 Å². The van der Waals surface area contributed by atoms with Gasteiger partial charge in [-0.15, -0.1) is 0 Å². The van der Waals surface area contributed by atoms with Crippen molar-refractivity contribution in [3.05, 3.63) is 0 Å². The minimum atomic E-state index is 0.440. The molecule has 1 unspecified atom stereocenters. The summed E-state index contributed by atoms with van der Waals surface area (Å²) in [5.74, 6) is 0.758. The molecule has 0 radical (unpaired) electrons. The Labute approximate surface area is 102 Å². The first-order valence-electron chi connectivity index (χ1n) is 6.87. The SMILES string of the molecule is CC1CCN(CC(C)(C)C(C)C)CCCN1. The zero-order valence-electron chi connectivity index (χ0n) is 11.8. The van der Waals surface area contributed by atoms with Crippen LogP contribution in [0.3, 0.4) is 0 Å². The second kappa shape index (κ2) is 6.02. The molecule has 0 saturated carbocycles. The zero-order chi connectivity index (χ0) is 12.2. The maximum Gasteiger partial charge on any atom is 0.00509 e. The van der Waals surface area contributed by atoms with Gasteiger partial charge in [0.15, 0.2) is 0 Å². The molecule has 0 aromatic carbocycles. The molecule has 1 aliphatic heterocycles. The molecule has 0 aromatic heterocycles. The summed E-state index contributed by atoms with van der Waals surface area (Å²) in [6.07, 6.45) is 2.58. The minimum Gasteiger partial charge on any atom is -0.314 e. The molecule has 1 saturated heterocycles. The second-order valence-electron chi connectivity index (χ2n) is 6.42. The highest BCUT2D eigenvalue weighted by Gasteiger charge is 2.25. The van der Waals surface area contributed by atoms with Gasteiger partial charge in [-0.1, -0.05) is 27.7 Å². The molecule has 0 aromatic rings. The fraction of sp³-hybridized carbons (Fsp3) is 1.00. The molecule has 2 nitrogen and oxygen atoms in total. The number of nitrogens with one attached hydrogen (secondary N) is 1. The van der Waals surface area contributed by atoms with Crippen molar-refractivity contribution >= 4 is 0 Å². The zero-order valence-corrected chi connectivity index (χ0v) is 11.8. The molecule has 1 aliphatic rings. The van der Waals surface area contributed by atoms with Crippen LogP contribution in [0.2, 0.25) is 0 Å². The van der Waals surface area contributed by atoms with Gasteiger partial charge < -0.3 is 10.2 Å². The molecule has 0 bridgehead atoms. The molecule has 16 heavy (non-hydrogen) atoms. The van der Waals surface area contributed by atoms with Crippen LogP contribution in [0.5, 0.6) is 0 Å². The summed E-state index contributed by atoms with van der Waals surface area (Å²) in [6.45, 7) is 16.7. The highest BCUT2D eigenvalue weighted by atomic mass is 15.1. The van der Waals surface area contributed by atoms with Gasteiger partial charge in [-0.25, -0.2) is 0 Å². The molecule has 1 rings (SSSR count). The Morgan fingerprint density at radius 3 is 2.62 bits per heavy atom. The van der Waals surface area contributed by atoms with Crippen molar-refractivity contribution < 1.29 is 0 Å². The number of rotatable bonds is 3. The van der Waals surface area contributed by atoms with Crippen LogP contribution in [0, 0.1) is 11.3 Å². The molecule has 1 atom stereocenters. The average molecular weight is 226 g/mol. The van der Waals surface area contributed by atoms with Crippen molar-refractivity contribution in [2.75, 3.05) is 26.2 Å². The number of nitrogens with zero attached hydrogens (tertiary/aromatic N) is 1. The van der Waals surface area contributed by atoms with E-state index in [1.165, 1.54) is 39.0 Å². The first-order chi connectivity index (χ1) is 7.42. The van der Waals surface area contributed by atoms with Gasteiger partial charge in [0.05, 0.1) is 0 Å². The topological polar surface area (TPSA) is 15.3 Å². The van der Waals surface area contributed by atoms with Gasteiger partial charge in [-0.05, 0) is 50.7 Å². The smallest absolute Gasteiger partial charge is 0.00509 e. The Morgan fingerprint density at radius 1 is 1.31 bits per heavy atom. The van der Waals surface area contributed by atoms with Crippen LogP contribution in [0.1, 0.15) is 47.5 Å². The lowest BCUT2D eigenvalue weighted by molar-refractivity contribution is 0.124. The number of hydrogen-bond acceptors (Lipinski definition) is 2. The van der Waals surface area contributed by atoms with E-state index < -0.39 is 0 Å². The van der Waals surface area contributed by atoms with E-state index in [4.69, 9.17) is 0 Å². The van der Waals surface area contributed by atoms with Gasteiger partial charge >= 0.3 is 0 Å². The first-order valence-corrected chi connectivity index (χ1v) is 6.87. The van der Waals surface area contributed by atoms with Crippen molar-refractivity contribution in [3.8, 4) is 0 Å². The van der Waals surface area contributed by atoms with Crippen molar-refractivity contribution in [1.29, 1.82) is 0 Å². The Morgan fingerprint density at radius 2 is 2.00 bits per heavy atom. The Hall–Kier alpha value is -0.0800. The molecule has 96 valence electrons. The minimum absolute atomic E-state index is 0.440. The largest absolute Gasteiger partial charge is 0.314 e. The van der Waals surface area contributed by atoms with Crippen LogP contribution >= 0.6 is 0 Å². The summed E-state index contributed by atoms with van der Waals surface area (Å²) >= 11 is 0. The maximum atomic E-state index is 3.56. The predicted molar refractivity (Wildman–Crippen MR) is 71.8 cm³/mol. The summed E-state index contributed by atoms with van der Waals surface area (Å²) in [6, 6.07) is 0.685. The fourth-order valence-electron chi connectivity index (χ4n) is 2.16. The van der Waals surface area contributed by atoms with E-state index in [0.717, 1.165) is 5.92 Å². The monoisotopic (exact) mass is 226 g/mol. The molecular formula is C14H30N2. The maximum absolute atomic E-state index is 3.56. The lowest BCUT2D eigenvalue weighted by Crippen LogP contribution is -2.43. The molecule has 0 spiro atoms. The van der Waals surface area contributed by atoms with Gasteiger partial charge in [-0.2, -0.15) is 0 Å². The van der Waals surface area contributed by atoms with Crippen LogP contribution in [-0.2, 0) is 0 Å². The standard InChI is InChI=1S/C14H30N2/c1-12(2)14(4,5)11-16-9-6-8-15-13(3)7-10-16/h12-13,15H,6-11H2,1-5H3. The van der Waals surface area contributed by atoms with Crippen LogP contribution in [0.15, 0.2) is 0 Å². The Bertz CT molecular complexity index is 199. The average Bonchev–Trinajstić information content (AvgIpc) is 2.17. The molecule has 0 aliphatic carbocycles. The molecule has 1 fully saturated rings. The van der Waals surface area contributed by atoms with Crippen LogP contribution in [0.4, 0.5) is 0 Å². The van der Waals surface area contributed by atoms with Crippen LogP contribution < -0.4 is 5.32 Å².